The lowest BCUT2D eigenvalue weighted by molar-refractivity contribution is 0.392. The second-order valence-electron chi connectivity index (χ2n) is 3.50. The topological polar surface area (TPSA) is 55.9 Å². The van der Waals surface area contributed by atoms with Gasteiger partial charge in [0, 0.05) is 25.2 Å². The Morgan fingerprint density at radius 1 is 1.47 bits per heavy atom. The van der Waals surface area contributed by atoms with E-state index in [1.54, 1.807) is 10.9 Å². The maximum atomic E-state index is 5.08. The minimum Gasteiger partial charge on any atom is -0.366 e. The van der Waals surface area contributed by atoms with Gasteiger partial charge in [-0.2, -0.15) is 5.10 Å². The third-order valence-corrected chi connectivity index (χ3v) is 2.45. The van der Waals surface area contributed by atoms with Gasteiger partial charge in [-0.3, -0.25) is 4.68 Å². The van der Waals surface area contributed by atoms with Gasteiger partial charge in [-0.05, 0) is 13.8 Å². The number of aromatic nitrogens is 3. The minimum absolute atomic E-state index is 0.709. The molecule has 5 nitrogen and oxygen atoms in total. The average Bonchev–Trinajstić information content (AvgIpc) is 2.73. The van der Waals surface area contributed by atoms with Crippen LogP contribution >= 0.6 is 0 Å². The normalized spacial score (nSPS) is 10.6. The number of anilines is 1. The van der Waals surface area contributed by atoms with E-state index in [4.69, 9.17) is 4.52 Å². The number of nitrogens with zero attached hydrogens (tertiary/aromatic N) is 3. The Morgan fingerprint density at radius 2 is 2.27 bits per heavy atom. The maximum absolute atomic E-state index is 5.08. The van der Waals surface area contributed by atoms with E-state index in [1.165, 1.54) is 0 Å². The quantitative estimate of drug-likeness (QED) is 0.829. The lowest BCUT2D eigenvalue weighted by Gasteiger charge is -2.05. The molecule has 1 N–H and O–H groups in total. The number of hydrogen-bond donors (Lipinski definition) is 1. The molecule has 0 radical (unpaired) electrons. The molecular weight excluding hydrogens is 192 g/mol. The molecule has 0 saturated carbocycles. The zero-order chi connectivity index (χ0) is 10.8. The van der Waals surface area contributed by atoms with Gasteiger partial charge in [0.1, 0.15) is 11.6 Å². The summed E-state index contributed by atoms with van der Waals surface area (Å²) in [6, 6.07) is 1.93. The zero-order valence-electron chi connectivity index (χ0n) is 9.11. The molecule has 0 saturated heterocycles. The molecule has 2 aromatic heterocycles. The van der Waals surface area contributed by atoms with Gasteiger partial charge in [-0.1, -0.05) is 5.16 Å². The van der Waals surface area contributed by atoms with Crippen molar-refractivity contribution in [2.45, 2.75) is 20.4 Å². The van der Waals surface area contributed by atoms with E-state index in [2.05, 4.69) is 15.6 Å². The second kappa shape index (κ2) is 3.76. The molecule has 0 unspecified atom stereocenters. The Morgan fingerprint density at radius 3 is 2.80 bits per heavy atom. The molecule has 0 atom stereocenters. The fourth-order valence-electron chi connectivity index (χ4n) is 1.48. The van der Waals surface area contributed by atoms with Crippen molar-refractivity contribution in [3.05, 3.63) is 29.3 Å². The summed E-state index contributed by atoms with van der Waals surface area (Å²) in [4.78, 5) is 0. The first-order valence-electron chi connectivity index (χ1n) is 4.82. The van der Waals surface area contributed by atoms with Crippen molar-refractivity contribution in [2.24, 2.45) is 7.05 Å². The predicted octanol–water partition coefficient (Wildman–Crippen LogP) is 1.64. The summed E-state index contributed by atoms with van der Waals surface area (Å²) in [7, 11) is 1.90. The minimum atomic E-state index is 0.709. The molecule has 5 heteroatoms. The molecule has 2 rings (SSSR count). The van der Waals surface area contributed by atoms with Gasteiger partial charge >= 0.3 is 0 Å². The molecule has 0 spiro atoms. The lowest BCUT2D eigenvalue weighted by Crippen LogP contribution is -2.05. The summed E-state index contributed by atoms with van der Waals surface area (Å²) in [5.41, 5.74) is 2.04. The molecule has 0 aliphatic heterocycles. The SMILES string of the molecule is Cc1noc(C)c1CNc1ccnn1C. The van der Waals surface area contributed by atoms with Gasteiger partial charge in [0.05, 0.1) is 11.9 Å². The molecule has 80 valence electrons. The van der Waals surface area contributed by atoms with Gasteiger partial charge in [-0.25, -0.2) is 0 Å². The molecule has 0 aliphatic rings. The Hall–Kier alpha value is -1.78. The van der Waals surface area contributed by atoms with E-state index >= 15 is 0 Å². The van der Waals surface area contributed by atoms with E-state index in [-0.39, 0.29) is 0 Å². The first-order chi connectivity index (χ1) is 7.18. The number of rotatable bonds is 3. The number of nitrogens with one attached hydrogen (secondary N) is 1. The van der Waals surface area contributed by atoms with Crippen LogP contribution in [-0.4, -0.2) is 14.9 Å². The van der Waals surface area contributed by atoms with Crippen molar-refractivity contribution in [3.63, 3.8) is 0 Å². The van der Waals surface area contributed by atoms with E-state index in [0.29, 0.717) is 6.54 Å². The highest BCUT2D eigenvalue weighted by molar-refractivity contribution is 5.36. The van der Waals surface area contributed by atoms with Gasteiger partial charge in [0.15, 0.2) is 0 Å². The summed E-state index contributed by atoms with van der Waals surface area (Å²) in [6.07, 6.45) is 1.76. The zero-order valence-corrected chi connectivity index (χ0v) is 9.11. The monoisotopic (exact) mass is 206 g/mol. The molecule has 0 aromatic carbocycles. The van der Waals surface area contributed by atoms with Crippen LogP contribution in [0.4, 0.5) is 5.82 Å². The summed E-state index contributed by atoms with van der Waals surface area (Å²) in [5, 5.41) is 11.3. The van der Waals surface area contributed by atoms with Crippen LogP contribution in [0.5, 0.6) is 0 Å². The van der Waals surface area contributed by atoms with E-state index < -0.39 is 0 Å². The molecule has 0 bridgehead atoms. The smallest absolute Gasteiger partial charge is 0.138 e. The molecule has 15 heavy (non-hydrogen) atoms. The lowest BCUT2D eigenvalue weighted by atomic mass is 10.2. The number of aryl methyl sites for hydroxylation is 3. The largest absolute Gasteiger partial charge is 0.366 e. The summed E-state index contributed by atoms with van der Waals surface area (Å²) in [6.45, 7) is 4.57. The van der Waals surface area contributed by atoms with Crippen molar-refractivity contribution in [2.75, 3.05) is 5.32 Å². The standard InChI is InChI=1S/C10H14N4O/c1-7-9(8(2)15-13-7)6-11-10-4-5-12-14(10)3/h4-5,11H,6H2,1-3H3. The van der Waals surface area contributed by atoms with Crippen molar-refractivity contribution < 1.29 is 4.52 Å². The Bertz CT molecular complexity index is 438. The highest BCUT2D eigenvalue weighted by Crippen LogP contribution is 2.14. The average molecular weight is 206 g/mol. The van der Waals surface area contributed by atoms with E-state index in [9.17, 15) is 0 Å². The van der Waals surface area contributed by atoms with Gasteiger partial charge in [0.25, 0.3) is 0 Å². The fraction of sp³-hybridized carbons (Fsp3) is 0.400. The molecule has 2 heterocycles. The van der Waals surface area contributed by atoms with Crippen LogP contribution in [0.25, 0.3) is 0 Å². The van der Waals surface area contributed by atoms with E-state index in [1.807, 2.05) is 27.0 Å². The van der Waals surface area contributed by atoms with Crippen LogP contribution in [-0.2, 0) is 13.6 Å². The third-order valence-electron chi connectivity index (χ3n) is 2.45. The van der Waals surface area contributed by atoms with Crippen molar-refractivity contribution in [1.29, 1.82) is 0 Å². The van der Waals surface area contributed by atoms with Crippen molar-refractivity contribution in [1.82, 2.24) is 14.9 Å². The summed E-state index contributed by atoms with van der Waals surface area (Å²) < 4.78 is 6.87. The van der Waals surface area contributed by atoms with Crippen LogP contribution in [0.1, 0.15) is 17.0 Å². The molecule has 0 fully saturated rings. The number of hydrogen-bond acceptors (Lipinski definition) is 4. The Labute approximate surface area is 88.1 Å². The van der Waals surface area contributed by atoms with Crippen LogP contribution in [0, 0.1) is 13.8 Å². The summed E-state index contributed by atoms with van der Waals surface area (Å²) >= 11 is 0. The van der Waals surface area contributed by atoms with Crippen molar-refractivity contribution >= 4 is 5.82 Å². The van der Waals surface area contributed by atoms with Gasteiger partial charge in [0.2, 0.25) is 0 Å². The van der Waals surface area contributed by atoms with Crippen LogP contribution in [0.2, 0.25) is 0 Å². The van der Waals surface area contributed by atoms with Gasteiger partial charge < -0.3 is 9.84 Å². The maximum Gasteiger partial charge on any atom is 0.138 e. The Kier molecular flexibility index (Phi) is 2.45. The van der Waals surface area contributed by atoms with Crippen LogP contribution in [0.3, 0.4) is 0 Å². The predicted molar refractivity (Wildman–Crippen MR) is 56.5 cm³/mol. The first-order valence-corrected chi connectivity index (χ1v) is 4.82. The highest BCUT2D eigenvalue weighted by atomic mass is 16.5. The molecular formula is C10H14N4O. The first kappa shape index (κ1) is 9.76. The molecule has 2 aromatic rings. The third kappa shape index (κ3) is 1.86. The van der Waals surface area contributed by atoms with Crippen LogP contribution < -0.4 is 5.32 Å². The van der Waals surface area contributed by atoms with E-state index in [0.717, 1.165) is 22.8 Å². The van der Waals surface area contributed by atoms with Crippen LogP contribution in [0.15, 0.2) is 16.8 Å². The summed E-state index contributed by atoms with van der Waals surface area (Å²) in [5.74, 6) is 1.84. The second-order valence-corrected chi connectivity index (χ2v) is 3.50. The molecule has 0 amide bonds. The fourth-order valence-corrected chi connectivity index (χ4v) is 1.48. The molecule has 0 aliphatic carbocycles. The van der Waals surface area contributed by atoms with Crippen molar-refractivity contribution in [3.8, 4) is 0 Å². The van der Waals surface area contributed by atoms with Gasteiger partial charge in [-0.15, -0.1) is 0 Å². The highest BCUT2D eigenvalue weighted by Gasteiger charge is 2.08. The Balaban J connectivity index is 2.08.